The van der Waals surface area contributed by atoms with E-state index in [-0.39, 0.29) is 11.4 Å². The number of thioether (sulfide) groups is 1. The van der Waals surface area contributed by atoms with Crippen molar-refractivity contribution in [2.45, 2.75) is 10.6 Å². The van der Waals surface area contributed by atoms with Gasteiger partial charge in [-0.25, -0.2) is 8.42 Å². The summed E-state index contributed by atoms with van der Waals surface area (Å²) in [6, 6.07) is 20.3. The topological polar surface area (TPSA) is 84.9 Å². The number of methoxy groups -OCH3 is 2. The Morgan fingerprint density at radius 3 is 2.31 bits per heavy atom. The van der Waals surface area contributed by atoms with E-state index < -0.39 is 15.9 Å². The van der Waals surface area contributed by atoms with Crippen LogP contribution in [0.15, 0.2) is 77.7 Å². The lowest BCUT2D eigenvalue weighted by atomic mass is 10.2. The summed E-state index contributed by atoms with van der Waals surface area (Å²) in [6.07, 6.45) is 0. The molecule has 0 atom stereocenters. The number of hydrogen-bond acceptors (Lipinski definition) is 6. The predicted octanol–water partition coefficient (Wildman–Crippen LogP) is 4.60. The second kappa shape index (κ2) is 12.7. The molecule has 35 heavy (non-hydrogen) atoms. The fourth-order valence-corrected chi connectivity index (χ4v) is 5.61. The van der Waals surface area contributed by atoms with Gasteiger partial charge in [0, 0.05) is 29.1 Å². The molecule has 0 aliphatic heterocycles. The molecule has 0 radical (unpaired) electrons. The summed E-state index contributed by atoms with van der Waals surface area (Å²) >= 11 is 7.57. The van der Waals surface area contributed by atoms with Gasteiger partial charge in [-0.1, -0.05) is 41.9 Å². The second-order valence-corrected chi connectivity index (χ2v) is 10.8. The first kappa shape index (κ1) is 26.7. The van der Waals surface area contributed by atoms with E-state index in [1.54, 1.807) is 42.1 Å². The summed E-state index contributed by atoms with van der Waals surface area (Å²) in [5.74, 6) is 1.86. The summed E-state index contributed by atoms with van der Waals surface area (Å²) in [6.45, 7) is 0.0246. The van der Waals surface area contributed by atoms with Gasteiger partial charge in [0.1, 0.15) is 6.54 Å². The highest BCUT2D eigenvalue weighted by molar-refractivity contribution is 7.98. The van der Waals surface area contributed by atoms with Crippen LogP contribution in [0, 0.1) is 0 Å². The molecule has 186 valence electrons. The van der Waals surface area contributed by atoms with Crippen LogP contribution in [0.5, 0.6) is 11.5 Å². The van der Waals surface area contributed by atoms with E-state index in [2.05, 4.69) is 5.32 Å². The minimum absolute atomic E-state index is 0.0844. The molecule has 3 aromatic carbocycles. The SMILES string of the molecule is COc1ccc(N(CC(=O)NCCSCc2ccc(Cl)cc2)S(=O)(=O)c2ccccc2)cc1OC. The number of rotatable bonds is 12. The van der Waals surface area contributed by atoms with Crippen molar-refractivity contribution in [1.29, 1.82) is 0 Å². The molecule has 1 amide bonds. The number of ether oxygens (including phenoxy) is 2. The lowest BCUT2D eigenvalue weighted by Crippen LogP contribution is -2.41. The van der Waals surface area contributed by atoms with Crippen molar-refractivity contribution in [2.75, 3.05) is 37.4 Å². The number of carbonyl (C=O) groups is 1. The van der Waals surface area contributed by atoms with Crippen molar-refractivity contribution in [3.8, 4) is 11.5 Å². The van der Waals surface area contributed by atoms with Gasteiger partial charge >= 0.3 is 0 Å². The molecule has 0 aromatic heterocycles. The smallest absolute Gasteiger partial charge is 0.264 e. The van der Waals surface area contributed by atoms with Crippen LogP contribution < -0.4 is 19.1 Å². The first-order valence-corrected chi connectivity index (χ1v) is 13.7. The Morgan fingerprint density at radius 2 is 1.66 bits per heavy atom. The maximum atomic E-state index is 13.4. The van der Waals surface area contributed by atoms with Gasteiger partial charge in [0.2, 0.25) is 5.91 Å². The Hall–Kier alpha value is -2.88. The van der Waals surface area contributed by atoms with Crippen molar-refractivity contribution < 1.29 is 22.7 Å². The van der Waals surface area contributed by atoms with Crippen molar-refractivity contribution in [3.05, 3.63) is 83.4 Å². The minimum atomic E-state index is -4.01. The lowest BCUT2D eigenvalue weighted by Gasteiger charge is -2.25. The van der Waals surface area contributed by atoms with Crippen LogP contribution in [0.2, 0.25) is 5.02 Å². The lowest BCUT2D eigenvalue weighted by molar-refractivity contribution is -0.119. The van der Waals surface area contributed by atoms with Crippen LogP contribution in [0.4, 0.5) is 5.69 Å². The average molecular weight is 535 g/mol. The first-order chi connectivity index (χ1) is 16.8. The number of halogens is 1. The van der Waals surface area contributed by atoms with Crippen molar-refractivity contribution in [1.82, 2.24) is 5.32 Å². The fourth-order valence-electron chi connectivity index (χ4n) is 3.23. The molecule has 3 rings (SSSR count). The summed E-state index contributed by atoms with van der Waals surface area (Å²) in [7, 11) is -1.05. The Morgan fingerprint density at radius 1 is 0.971 bits per heavy atom. The van der Waals surface area contributed by atoms with E-state index >= 15 is 0 Å². The molecule has 0 aliphatic rings. The van der Waals surface area contributed by atoms with Gasteiger partial charge in [0.25, 0.3) is 10.0 Å². The highest BCUT2D eigenvalue weighted by atomic mass is 35.5. The Bertz CT molecular complexity index is 1220. The molecule has 0 fully saturated rings. The number of sulfonamides is 1. The van der Waals surface area contributed by atoms with Gasteiger partial charge in [-0.2, -0.15) is 11.8 Å². The van der Waals surface area contributed by atoms with Crippen molar-refractivity contribution >= 4 is 45.0 Å². The summed E-state index contributed by atoms with van der Waals surface area (Å²) in [4.78, 5) is 12.8. The number of anilines is 1. The van der Waals surface area contributed by atoms with E-state index in [0.29, 0.717) is 34.5 Å². The molecular weight excluding hydrogens is 508 g/mol. The van der Waals surface area contributed by atoms with Gasteiger partial charge in [-0.05, 0) is 42.0 Å². The number of nitrogens with zero attached hydrogens (tertiary/aromatic N) is 1. The molecule has 0 unspecified atom stereocenters. The van der Waals surface area contributed by atoms with Crippen LogP contribution in [-0.4, -0.2) is 47.4 Å². The third kappa shape index (κ3) is 7.30. The van der Waals surface area contributed by atoms with Crippen molar-refractivity contribution in [3.63, 3.8) is 0 Å². The Balaban J connectivity index is 1.69. The molecule has 0 spiro atoms. The maximum Gasteiger partial charge on any atom is 0.264 e. The largest absolute Gasteiger partial charge is 0.493 e. The average Bonchev–Trinajstić information content (AvgIpc) is 2.88. The third-order valence-electron chi connectivity index (χ3n) is 5.02. The monoisotopic (exact) mass is 534 g/mol. The maximum absolute atomic E-state index is 13.4. The molecular formula is C25H27ClN2O5S2. The summed E-state index contributed by atoms with van der Waals surface area (Å²) in [5.41, 5.74) is 1.43. The van der Waals surface area contributed by atoms with E-state index in [0.717, 1.165) is 15.6 Å². The predicted molar refractivity (Wildman–Crippen MR) is 141 cm³/mol. The highest BCUT2D eigenvalue weighted by Crippen LogP contribution is 2.33. The minimum Gasteiger partial charge on any atom is -0.493 e. The van der Waals surface area contributed by atoms with Gasteiger partial charge in [-0.15, -0.1) is 0 Å². The van der Waals surface area contributed by atoms with Crippen LogP contribution in [0.1, 0.15) is 5.56 Å². The van der Waals surface area contributed by atoms with E-state index in [1.165, 1.54) is 32.4 Å². The van der Waals surface area contributed by atoms with Gasteiger partial charge in [0.15, 0.2) is 11.5 Å². The van der Waals surface area contributed by atoms with Crippen LogP contribution in [0.3, 0.4) is 0 Å². The molecule has 0 heterocycles. The molecule has 10 heteroatoms. The Kier molecular flexibility index (Phi) is 9.71. The molecule has 7 nitrogen and oxygen atoms in total. The molecule has 0 saturated heterocycles. The van der Waals surface area contributed by atoms with Gasteiger partial charge in [0.05, 0.1) is 24.8 Å². The van der Waals surface area contributed by atoms with E-state index in [1.807, 2.05) is 24.3 Å². The zero-order chi connectivity index (χ0) is 25.3. The number of benzene rings is 3. The second-order valence-electron chi connectivity index (χ2n) is 7.39. The van der Waals surface area contributed by atoms with Crippen molar-refractivity contribution in [2.24, 2.45) is 0 Å². The first-order valence-electron chi connectivity index (χ1n) is 10.7. The summed E-state index contributed by atoms with van der Waals surface area (Å²) < 4.78 is 38.5. The standard InChI is InChI=1S/C25H27ClN2O5S2/c1-32-23-13-12-21(16-24(23)33-2)28(35(30,31)22-6-4-3-5-7-22)17-25(29)27-14-15-34-18-19-8-10-20(26)11-9-19/h3-13,16H,14-15,17-18H2,1-2H3,(H,27,29). The highest BCUT2D eigenvalue weighted by Gasteiger charge is 2.28. The number of hydrogen-bond donors (Lipinski definition) is 1. The fraction of sp³-hybridized carbons (Fsp3) is 0.240. The quantitative estimate of drug-likeness (QED) is 0.342. The molecule has 0 saturated carbocycles. The molecule has 0 bridgehead atoms. The van der Waals surface area contributed by atoms with Crippen LogP contribution in [0.25, 0.3) is 0 Å². The van der Waals surface area contributed by atoms with Crippen LogP contribution >= 0.6 is 23.4 Å². The zero-order valence-corrected chi connectivity index (χ0v) is 21.8. The van der Waals surface area contributed by atoms with Crippen LogP contribution in [-0.2, 0) is 20.6 Å². The van der Waals surface area contributed by atoms with E-state index in [4.69, 9.17) is 21.1 Å². The normalized spacial score (nSPS) is 11.1. The molecule has 0 aliphatic carbocycles. The number of amides is 1. The number of nitrogens with one attached hydrogen (secondary N) is 1. The zero-order valence-electron chi connectivity index (χ0n) is 19.4. The van der Waals surface area contributed by atoms with E-state index in [9.17, 15) is 13.2 Å². The van der Waals surface area contributed by atoms with Gasteiger partial charge in [-0.3, -0.25) is 9.10 Å². The molecule has 1 N–H and O–H groups in total. The summed E-state index contributed by atoms with van der Waals surface area (Å²) in [5, 5.41) is 3.50. The molecule has 3 aromatic rings. The van der Waals surface area contributed by atoms with Gasteiger partial charge < -0.3 is 14.8 Å². The number of carbonyl (C=O) groups excluding carboxylic acids is 1. The third-order valence-corrected chi connectivity index (χ3v) is 8.09. The Labute approximate surface area is 215 Å².